The van der Waals surface area contributed by atoms with E-state index in [9.17, 15) is 14.6 Å². The molecule has 0 aliphatic carbocycles. The lowest BCUT2D eigenvalue weighted by molar-refractivity contribution is -0.119. The minimum absolute atomic E-state index is 0.0622. The van der Waals surface area contributed by atoms with Gasteiger partial charge in [-0.2, -0.15) is 4.91 Å². The number of rotatable bonds is 5. The first-order valence-electron chi connectivity index (χ1n) is 3.04. The molecule has 0 heterocycles. The van der Waals surface area contributed by atoms with Crippen LogP contribution in [0.5, 0.6) is 0 Å². The highest BCUT2D eigenvalue weighted by Crippen LogP contribution is 1.99. The third kappa shape index (κ3) is 5.28. The number of aliphatic hydroxyl groups excluding tert-OH is 1. The molecule has 0 spiro atoms. The molecule has 0 aromatic rings. The number of carbonyl (C=O) groups is 1. The predicted octanol–water partition coefficient (Wildman–Crippen LogP) is 0.187. The number of carbonyl (C=O) groups excluding carboxylic acids is 1. The summed E-state index contributed by atoms with van der Waals surface area (Å²) in [6, 6.07) is 0. The molecule has 62 valence electrons. The van der Waals surface area contributed by atoms with Crippen LogP contribution in [0.25, 0.3) is 0 Å². The van der Waals surface area contributed by atoms with E-state index < -0.39 is 12.0 Å². The summed E-state index contributed by atoms with van der Waals surface area (Å²) >= 11 is 0. The summed E-state index contributed by atoms with van der Waals surface area (Å²) in [5, 5.41) is 13.4. The Morgan fingerprint density at radius 2 is 2.09 bits per heavy atom. The molecule has 1 unspecified atom stereocenters. The molecule has 6 heteroatoms. The third-order valence-corrected chi connectivity index (χ3v) is 1.07. The van der Waals surface area contributed by atoms with Crippen molar-refractivity contribution in [3.63, 3.8) is 0 Å². The minimum atomic E-state index is -0.988. The molecule has 0 saturated heterocycles. The molecule has 0 bridgehead atoms. The smallest absolute Gasteiger partial charge is 0.288 e. The van der Waals surface area contributed by atoms with Gasteiger partial charge in [0, 0.05) is 5.18 Å². The molecule has 6 nitrogen and oxygen atoms in total. The molecule has 0 fully saturated rings. The maximum atomic E-state index is 10.2. The summed E-state index contributed by atoms with van der Waals surface area (Å²) in [5.41, 5.74) is 0. The molecule has 0 radical (unpaired) electrons. The maximum Gasteiger partial charge on any atom is 0.288 e. The molecule has 1 amide bonds. The predicted molar refractivity (Wildman–Crippen MR) is 36.7 cm³/mol. The zero-order valence-corrected chi connectivity index (χ0v) is 5.77. The van der Waals surface area contributed by atoms with E-state index in [4.69, 9.17) is 5.11 Å². The molecule has 0 saturated carbocycles. The van der Waals surface area contributed by atoms with Crippen LogP contribution in [0.2, 0.25) is 0 Å². The van der Waals surface area contributed by atoms with Gasteiger partial charge in [-0.15, -0.1) is 4.91 Å². The van der Waals surface area contributed by atoms with E-state index in [-0.39, 0.29) is 19.4 Å². The van der Waals surface area contributed by atoms with Gasteiger partial charge in [0.1, 0.15) is 0 Å². The fourth-order valence-corrected chi connectivity index (χ4v) is 0.543. The van der Waals surface area contributed by atoms with Crippen molar-refractivity contribution in [3.05, 3.63) is 9.81 Å². The summed E-state index contributed by atoms with van der Waals surface area (Å²) in [7, 11) is 0. The molecular weight excluding hydrogens is 152 g/mol. The Hall–Kier alpha value is -1.17. The molecule has 1 N–H and O–H groups in total. The van der Waals surface area contributed by atoms with Gasteiger partial charge in [-0.3, -0.25) is 4.79 Å². The van der Waals surface area contributed by atoms with Gasteiger partial charge in [0.25, 0.3) is 5.91 Å². The Labute approximate surface area is 62.5 Å². The van der Waals surface area contributed by atoms with E-state index >= 15 is 0 Å². The quantitative estimate of drug-likeness (QED) is 0.580. The second-order valence-corrected chi connectivity index (χ2v) is 1.98. The highest BCUT2D eigenvalue weighted by atomic mass is 16.3. The molecule has 0 rings (SSSR count). The largest absolute Gasteiger partial charge is 0.393 e. The first kappa shape index (κ1) is 9.83. The van der Waals surface area contributed by atoms with Crippen molar-refractivity contribution >= 4 is 5.91 Å². The van der Waals surface area contributed by atoms with Crippen molar-refractivity contribution in [2.24, 2.45) is 10.4 Å². The van der Waals surface area contributed by atoms with Gasteiger partial charge in [0.2, 0.25) is 0 Å². The molecule has 0 aromatic heterocycles. The average Bonchev–Trinajstić information content (AvgIpc) is 2.00. The van der Waals surface area contributed by atoms with Crippen LogP contribution in [0.15, 0.2) is 10.4 Å². The van der Waals surface area contributed by atoms with Crippen LogP contribution >= 0.6 is 0 Å². The molecule has 0 aliphatic heterocycles. The van der Waals surface area contributed by atoms with E-state index in [1.165, 1.54) is 0 Å². The van der Waals surface area contributed by atoms with E-state index in [0.29, 0.717) is 0 Å². The van der Waals surface area contributed by atoms with E-state index in [1.807, 2.05) is 0 Å². The van der Waals surface area contributed by atoms with Gasteiger partial charge >= 0.3 is 0 Å². The summed E-state index contributed by atoms with van der Waals surface area (Å²) < 4.78 is 0. The van der Waals surface area contributed by atoms with Crippen LogP contribution in [0.3, 0.4) is 0 Å². The minimum Gasteiger partial charge on any atom is -0.393 e. The number of aliphatic hydroxyl groups is 1. The summed E-state index contributed by atoms with van der Waals surface area (Å²) in [5.74, 6) is -0.914. The van der Waals surface area contributed by atoms with Crippen molar-refractivity contribution in [2.75, 3.05) is 6.54 Å². The van der Waals surface area contributed by atoms with Gasteiger partial charge in [-0.25, -0.2) is 0 Å². The molecular formula is C5H8N2O4. The number of hydrogen-bond acceptors (Lipinski definition) is 5. The van der Waals surface area contributed by atoms with Crippen LogP contribution in [-0.4, -0.2) is 23.7 Å². The number of hydrogen-bond donors (Lipinski definition) is 1. The van der Waals surface area contributed by atoms with Gasteiger partial charge in [-0.05, 0) is 6.42 Å². The van der Waals surface area contributed by atoms with Crippen LogP contribution in [-0.2, 0) is 4.79 Å². The Bertz CT molecular complexity index is 159. The molecule has 0 aliphatic rings. The van der Waals surface area contributed by atoms with Crippen molar-refractivity contribution in [1.29, 1.82) is 0 Å². The van der Waals surface area contributed by atoms with Crippen LogP contribution in [0.4, 0.5) is 0 Å². The van der Waals surface area contributed by atoms with Crippen LogP contribution in [0, 0.1) is 9.81 Å². The van der Waals surface area contributed by atoms with Crippen LogP contribution in [0.1, 0.15) is 12.8 Å². The van der Waals surface area contributed by atoms with E-state index in [0.717, 1.165) is 0 Å². The van der Waals surface area contributed by atoms with Crippen molar-refractivity contribution in [2.45, 2.75) is 18.9 Å². The van der Waals surface area contributed by atoms with Gasteiger partial charge in [-0.1, -0.05) is 5.18 Å². The Balaban J connectivity index is 3.50. The second kappa shape index (κ2) is 5.60. The number of nitrogens with zero attached hydrogens (tertiary/aromatic N) is 2. The van der Waals surface area contributed by atoms with Crippen LogP contribution < -0.4 is 0 Å². The Kier molecular flexibility index (Phi) is 5.01. The van der Waals surface area contributed by atoms with Gasteiger partial charge in [0.05, 0.1) is 19.1 Å². The SMILES string of the molecule is O=NCCC(O)CC(=O)N=O. The van der Waals surface area contributed by atoms with Crippen molar-refractivity contribution in [3.8, 4) is 0 Å². The molecule has 0 aromatic carbocycles. The first-order valence-corrected chi connectivity index (χ1v) is 3.04. The highest BCUT2D eigenvalue weighted by molar-refractivity contribution is 5.76. The van der Waals surface area contributed by atoms with E-state index in [2.05, 4.69) is 10.4 Å². The average molecular weight is 160 g/mol. The lowest BCUT2D eigenvalue weighted by Gasteiger charge is -2.01. The highest BCUT2D eigenvalue weighted by Gasteiger charge is 2.10. The van der Waals surface area contributed by atoms with E-state index in [1.54, 1.807) is 0 Å². The first-order chi connectivity index (χ1) is 5.20. The second-order valence-electron chi connectivity index (χ2n) is 1.98. The van der Waals surface area contributed by atoms with Gasteiger partial charge in [0.15, 0.2) is 0 Å². The molecule has 11 heavy (non-hydrogen) atoms. The fraction of sp³-hybridized carbons (Fsp3) is 0.800. The topological polar surface area (TPSA) is 96.2 Å². The summed E-state index contributed by atoms with van der Waals surface area (Å²) in [4.78, 5) is 29.3. The zero-order valence-electron chi connectivity index (χ0n) is 5.77. The Morgan fingerprint density at radius 1 is 1.45 bits per heavy atom. The van der Waals surface area contributed by atoms with Crippen molar-refractivity contribution in [1.82, 2.24) is 0 Å². The lowest BCUT2D eigenvalue weighted by atomic mass is 10.2. The van der Waals surface area contributed by atoms with Crippen molar-refractivity contribution < 1.29 is 9.90 Å². The Morgan fingerprint density at radius 3 is 2.55 bits per heavy atom. The molecule has 1 atom stereocenters. The normalized spacial score (nSPS) is 12.1. The van der Waals surface area contributed by atoms with Gasteiger partial charge < -0.3 is 5.11 Å². The zero-order chi connectivity index (χ0) is 8.69. The summed E-state index contributed by atoms with van der Waals surface area (Å²) in [6.07, 6.45) is -1.23. The summed E-state index contributed by atoms with van der Waals surface area (Å²) in [6.45, 7) is -0.0622. The monoisotopic (exact) mass is 160 g/mol. The fourth-order valence-electron chi connectivity index (χ4n) is 0.543. The standard InChI is InChI=1S/C5H8N2O4/c8-4(1-2-6-10)3-5(9)7-11/h4,8H,1-3H2. The third-order valence-electron chi connectivity index (χ3n) is 1.07. The number of amides is 1. The maximum absolute atomic E-state index is 10.2. The number of nitroso groups, excluding NO2 is 2. The lowest BCUT2D eigenvalue weighted by Crippen LogP contribution is -2.12.